The van der Waals surface area contributed by atoms with E-state index >= 15 is 0 Å². The van der Waals surface area contributed by atoms with Gasteiger partial charge in [0.25, 0.3) is 0 Å². The molecular weight excluding hydrogens is 310 g/mol. The first-order chi connectivity index (χ1) is 10.5. The zero-order valence-corrected chi connectivity index (χ0v) is 16.1. The maximum absolute atomic E-state index is 11.2. The minimum Gasteiger partial charge on any atom is -0.465 e. The Hall–Kier alpha value is -1.34. The molecule has 2 rings (SSSR count). The van der Waals surface area contributed by atoms with Crippen LogP contribution in [0.15, 0.2) is 0 Å². The summed E-state index contributed by atoms with van der Waals surface area (Å²) < 4.78 is 7.77. The molecule has 1 amide bonds. The van der Waals surface area contributed by atoms with Crippen molar-refractivity contribution in [1.29, 1.82) is 0 Å². The lowest BCUT2D eigenvalue weighted by Crippen LogP contribution is -2.27. The van der Waals surface area contributed by atoms with Gasteiger partial charge in [-0.3, -0.25) is 4.90 Å². The monoisotopic (exact) mass is 339 g/mol. The molecule has 1 N–H and O–H groups in total. The fourth-order valence-electron chi connectivity index (χ4n) is 2.87. The van der Waals surface area contributed by atoms with Gasteiger partial charge >= 0.3 is 6.09 Å². The first-order valence-corrected chi connectivity index (χ1v) is 11.8. The molecule has 7 heteroatoms. The van der Waals surface area contributed by atoms with Crippen LogP contribution in [0, 0.1) is 0 Å². The zero-order chi connectivity index (χ0) is 17.4. The predicted molar refractivity (Wildman–Crippen MR) is 92.3 cm³/mol. The van der Waals surface area contributed by atoms with Gasteiger partial charge < -0.3 is 9.84 Å². The van der Waals surface area contributed by atoms with E-state index in [0.29, 0.717) is 19.8 Å². The standard InChI is InChI=1S/C16H29N3O3Si/c1-16(2,3)14-12-9-18(15(20)21)10-13(12)17-19(14)11-22-7-8-23(4,5)6/h7-11H2,1-6H3,(H,20,21). The van der Waals surface area contributed by atoms with Gasteiger partial charge in [-0.25, -0.2) is 9.48 Å². The highest BCUT2D eigenvalue weighted by molar-refractivity contribution is 6.76. The van der Waals surface area contributed by atoms with Gasteiger partial charge in [0, 0.05) is 25.7 Å². The average molecular weight is 340 g/mol. The van der Waals surface area contributed by atoms with Crippen LogP contribution in [0.25, 0.3) is 0 Å². The molecule has 1 aromatic heterocycles. The van der Waals surface area contributed by atoms with Crippen molar-refractivity contribution in [2.24, 2.45) is 0 Å². The largest absolute Gasteiger partial charge is 0.465 e. The highest BCUT2D eigenvalue weighted by Gasteiger charge is 2.34. The second-order valence-corrected chi connectivity index (χ2v) is 14.1. The topological polar surface area (TPSA) is 67.6 Å². The fourth-order valence-corrected chi connectivity index (χ4v) is 3.62. The molecule has 0 aromatic carbocycles. The lowest BCUT2D eigenvalue weighted by atomic mass is 9.89. The number of ether oxygens (including phenoxy) is 1. The summed E-state index contributed by atoms with van der Waals surface area (Å²) in [4.78, 5) is 12.6. The number of carboxylic acid groups (broad SMARTS) is 1. The molecule has 1 aromatic rings. The summed E-state index contributed by atoms with van der Waals surface area (Å²) in [6, 6.07) is 1.13. The predicted octanol–water partition coefficient (Wildman–Crippen LogP) is 3.49. The number of hydrogen-bond acceptors (Lipinski definition) is 3. The van der Waals surface area contributed by atoms with Crippen LogP contribution in [0.1, 0.15) is 37.7 Å². The Balaban J connectivity index is 2.13. The second-order valence-electron chi connectivity index (χ2n) is 8.51. The molecule has 0 atom stereocenters. The first-order valence-electron chi connectivity index (χ1n) is 8.14. The summed E-state index contributed by atoms with van der Waals surface area (Å²) in [5.41, 5.74) is 2.90. The van der Waals surface area contributed by atoms with Crippen LogP contribution in [0.3, 0.4) is 0 Å². The van der Waals surface area contributed by atoms with E-state index in [-0.39, 0.29) is 5.41 Å². The summed E-state index contributed by atoms with van der Waals surface area (Å²) in [5.74, 6) is 0. The van der Waals surface area contributed by atoms with E-state index in [1.54, 1.807) is 0 Å². The van der Waals surface area contributed by atoms with E-state index < -0.39 is 14.2 Å². The molecule has 0 spiro atoms. The molecule has 0 saturated heterocycles. The molecule has 23 heavy (non-hydrogen) atoms. The number of amides is 1. The number of aromatic nitrogens is 2. The number of hydrogen-bond donors (Lipinski definition) is 1. The van der Waals surface area contributed by atoms with Gasteiger partial charge in [0.15, 0.2) is 0 Å². The lowest BCUT2D eigenvalue weighted by Gasteiger charge is -2.23. The van der Waals surface area contributed by atoms with Gasteiger partial charge in [0.2, 0.25) is 0 Å². The van der Waals surface area contributed by atoms with Gasteiger partial charge in [-0.2, -0.15) is 5.10 Å². The Morgan fingerprint density at radius 1 is 1.30 bits per heavy atom. The molecule has 2 heterocycles. The van der Waals surface area contributed by atoms with Crippen molar-refractivity contribution >= 4 is 14.2 Å². The van der Waals surface area contributed by atoms with Crippen LogP contribution in [-0.2, 0) is 30.0 Å². The number of rotatable bonds is 5. The number of carbonyl (C=O) groups is 1. The van der Waals surface area contributed by atoms with Crippen LogP contribution < -0.4 is 0 Å². The van der Waals surface area contributed by atoms with Crippen LogP contribution in [-0.4, -0.2) is 40.6 Å². The van der Waals surface area contributed by atoms with E-state index in [1.807, 2.05) is 4.68 Å². The molecular formula is C16H29N3O3Si. The van der Waals surface area contributed by atoms with Crippen LogP contribution >= 0.6 is 0 Å². The van der Waals surface area contributed by atoms with E-state index in [1.165, 1.54) is 4.90 Å². The molecule has 6 nitrogen and oxygen atoms in total. The Bertz CT molecular complexity index is 585. The number of nitrogens with zero attached hydrogens (tertiary/aromatic N) is 3. The lowest BCUT2D eigenvalue weighted by molar-refractivity contribution is 0.0732. The van der Waals surface area contributed by atoms with Gasteiger partial charge in [-0.15, -0.1) is 0 Å². The van der Waals surface area contributed by atoms with Crippen LogP contribution in [0.4, 0.5) is 4.79 Å². The van der Waals surface area contributed by atoms with Crippen molar-refractivity contribution in [2.75, 3.05) is 6.61 Å². The minimum absolute atomic E-state index is 0.1000. The maximum atomic E-state index is 11.2. The zero-order valence-electron chi connectivity index (χ0n) is 15.1. The van der Waals surface area contributed by atoms with E-state index in [2.05, 4.69) is 45.5 Å². The molecule has 0 bridgehead atoms. The summed E-state index contributed by atoms with van der Waals surface area (Å²) >= 11 is 0. The van der Waals surface area contributed by atoms with Gasteiger partial charge in [0.1, 0.15) is 6.73 Å². The third-order valence-electron chi connectivity index (χ3n) is 4.01. The SMILES string of the molecule is CC(C)(C)c1c2c(nn1COCC[Si](C)(C)C)CN(C(=O)O)C2. The van der Waals surface area contributed by atoms with E-state index in [9.17, 15) is 9.90 Å². The van der Waals surface area contributed by atoms with Gasteiger partial charge in [0.05, 0.1) is 24.5 Å². The van der Waals surface area contributed by atoms with Crippen molar-refractivity contribution in [3.05, 3.63) is 17.0 Å². The van der Waals surface area contributed by atoms with Crippen LogP contribution in [0.5, 0.6) is 0 Å². The third kappa shape index (κ3) is 4.35. The average Bonchev–Trinajstić information content (AvgIpc) is 2.88. The number of fused-ring (bicyclic) bond motifs is 1. The van der Waals surface area contributed by atoms with Gasteiger partial charge in [-0.05, 0) is 6.04 Å². The van der Waals surface area contributed by atoms with Gasteiger partial charge in [-0.1, -0.05) is 40.4 Å². The summed E-state index contributed by atoms with van der Waals surface area (Å²) in [6.07, 6.45) is -0.888. The van der Waals surface area contributed by atoms with Crippen molar-refractivity contribution in [3.63, 3.8) is 0 Å². The molecule has 1 aliphatic heterocycles. The first kappa shape index (κ1) is 18.0. The third-order valence-corrected chi connectivity index (χ3v) is 5.72. The molecule has 0 saturated carbocycles. The molecule has 0 aliphatic carbocycles. The maximum Gasteiger partial charge on any atom is 0.407 e. The van der Waals surface area contributed by atoms with Crippen molar-refractivity contribution in [3.8, 4) is 0 Å². The molecule has 0 fully saturated rings. The quantitative estimate of drug-likeness (QED) is 0.659. The molecule has 130 valence electrons. The van der Waals surface area contributed by atoms with E-state index in [0.717, 1.165) is 29.6 Å². The Morgan fingerprint density at radius 3 is 2.48 bits per heavy atom. The van der Waals surface area contributed by atoms with Crippen LogP contribution in [0.2, 0.25) is 25.7 Å². The summed E-state index contributed by atoms with van der Waals surface area (Å²) in [6.45, 7) is 15.4. The second kappa shape index (κ2) is 6.28. The highest BCUT2D eigenvalue weighted by Crippen LogP contribution is 2.33. The van der Waals surface area contributed by atoms with E-state index in [4.69, 9.17) is 4.74 Å². The highest BCUT2D eigenvalue weighted by atomic mass is 28.3. The Morgan fingerprint density at radius 2 is 1.96 bits per heavy atom. The minimum atomic E-state index is -1.10. The van der Waals surface area contributed by atoms with Crippen molar-refractivity contribution in [1.82, 2.24) is 14.7 Å². The Kier molecular flexibility index (Phi) is 4.91. The van der Waals surface area contributed by atoms with Crippen molar-refractivity contribution in [2.45, 2.75) is 71.7 Å². The molecule has 0 unspecified atom stereocenters. The molecule has 1 aliphatic rings. The fraction of sp³-hybridized carbons (Fsp3) is 0.750. The molecule has 0 radical (unpaired) electrons. The van der Waals surface area contributed by atoms with Crippen molar-refractivity contribution < 1.29 is 14.6 Å². The normalized spacial score (nSPS) is 15.1. The Labute approximate surface area is 139 Å². The summed E-state index contributed by atoms with van der Waals surface area (Å²) in [7, 11) is -1.10. The smallest absolute Gasteiger partial charge is 0.407 e. The summed E-state index contributed by atoms with van der Waals surface area (Å²) in [5, 5.41) is 13.8.